The fraction of sp³-hybridized carbons (Fsp3) is 0.179. The Morgan fingerprint density at radius 3 is 2.54 bits per heavy atom. The van der Waals surface area contributed by atoms with E-state index in [0.717, 1.165) is 6.07 Å². The van der Waals surface area contributed by atoms with Gasteiger partial charge in [0.1, 0.15) is 23.5 Å². The number of phenols is 1. The molecule has 1 amide bonds. The molecule has 2 atom stereocenters. The van der Waals surface area contributed by atoms with E-state index in [1.54, 1.807) is 36.5 Å². The molecule has 5 N–H and O–H groups in total. The van der Waals surface area contributed by atoms with Crippen LogP contribution in [0.1, 0.15) is 12.0 Å². The smallest absolute Gasteiger partial charge is 0.223 e. The zero-order valence-electron chi connectivity index (χ0n) is 19.7. The number of rotatable bonds is 4. The van der Waals surface area contributed by atoms with Crippen LogP contribution in [-0.2, 0) is 4.79 Å². The number of halogens is 2. The van der Waals surface area contributed by atoms with Crippen molar-refractivity contribution in [1.29, 1.82) is 5.26 Å². The number of para-hydroxylation sites is 1. The van der Waals surface area contributed by atoms with E-state index >= 15 is 0 Å². The van der Waals surface area contributed by atoms with Crippen molar-refractivity contribution in [2.24, 2.45) is 17.4 Å². The minimum atomic E-state index is -0.733. The molecule has 0 saturated carbocycles. The number of nitriles is 1. The number of amides is 1. The number of pyridine rings is 1. The third kappa shape index (κ3) is 4.43. The van der Waals surface area contributed by atoms with Crippen molar-refractivity contribution in [3.63, 3.8) is 0 Å². The van der Waals surface area contributed by atoms with E-state index in [-0.39, 0.29) is 23.4 Å². The molecule has 0 bridgehead atoms. The number of benzene rings is 3. The number of carbonyl (C=O) groups is 1. The summed E-state index contributed by atoms with van der Waals surface area (Å²) in [6.07, 6.45) is 2.03. The lowest BCUT2D eigenvalue weighted by Gasteiger charge is -2.38. The standard InChI is InChI=1S/C28H23F2N5O2/c29-18-8-17(9-19(30)11-18)22-13-34-25-5-4-15(20-3-1-2-16(12-31)27(20)36)10-21(25)26(22)35-7-6-24(32)23(14-35)28(33)37/h1-5,8-11,13,23-24,36H,6-7,14,32H2,(H2,33,37)/t23-,24?/m1/s1. The van der Waals surface area contributed by atoms with Gasteiger partial charge in [-0.15, -0.1) is 0 Å². The fourth-order valence-electron chi connectivity index (χ4n) is 4.95. The molecule has 37 heavy (non-hydrogen) atoms. The summed E-state index contributed by atoms with van der Waals surface area (Å²) in [5, 5.41) is 20.6. The number of nitrogens with zero attached hydrogens (tertiary/aromatic N) is 3. The van der Waals surface area contributed by atoms with Gasteiger partial charge in [-0.05, 0) is 47.9 Å². The predicted molar refractivity (Wildman–Crippen MR) is 136 cm³/mol. The second-order valence-corrected chi connectivity index (χ2v) is 9.13. The second-order valence-electron chi connectivity index (χ2n) is 9.13. The first kappa shape index (κ1) is 24.2. The minimum absolute atomic E-state index is 0.134. The lowest BCUT2D eigenvalue weighted by Crippen LogP contribution is -2.52. The molecular weight excluding hydrogens is 476 g/mol. The summed E-state index contributed by atoms with van der Waals surface area (Å²) < 4.78 is 28.4. The fourth-order valence-corrected chi connectivity index (χ4v) is 4.95. The van der Waals surface area contributed by atoms with E-state index in [9.17, 15) is 23.9 Å². The zero-order chi connectivity index (χ0) is 26.3. The molecule has 1 unspecified atom stereocenters. The summed E-state index contributed by atoms with van der Waals surface area (Å²) >= 11 is 0. The van der Waals surface area contributed by atoms with E-state index in [1.807, 2.05) is 11.0 Å². The Morgan fingerprint density at radius 1 is 1.08 bits per heavy atom. The number of aromatic hydroxyl groups is 1. The normalized spacial score (nSPS) is 17.5. The van der Waals surface area contributed by atoms with Gasteiger partial charge in [-0.25, -0.2) is 8.78 Å². The van der Waals surface area contributed by atoms with Gasteiger partial charge in [0, 0.05) is 47.9 Å². The molecular formula is C28H23F2N5O2. The quantitative estimate of drug-likeness (QED) is 0.388. The topological polar surface area (TPSA) is 129 Å². The van der Waals surface area contributed by atoms with E-state index in [0.29, 0.717) is 46.2 Å². The number of fused-ring (bicyclic) bond motifs is 1. The predicted octanol–water partition coefficient (Wildman–Crippen LogP) is 4.06. The Labute approximate surface area is 211 Å². The molecule has 0 spiro atoms. The molecule has 0 radical (unpaired) electrons. The van der Waals surface area contributed by atoms with Gasteiger partial charge in [-0.3, -0.25) is 9.78 Å². The molecule has 1 fully saturated rings. The van der Waals surface area contributed by atoms with Gasteiger partial charge in [-0.2, -0.15) is 5.26 Å². The van der Waals surface area contributed by atoms with Crippen LogP contribution in [0.5, 0.6) is 5.75 Å². The summed E-state index contributed by atoms with van der Waals surface area (Å²) in [5.41, 5.74) is 15.0. The molecule has 1 saturated heterocycles. The van der Waals surface area contributed by atoms with E-state index < -0.39 is 29.5 Å². The van der Waals surface area contributed by atoms with Gasteiger partial charge in [-0.1, -0.05) is 18.2 Å². The summed E-state index contributed by atoms with van der Waals surface area (Å²) in [6, 6.07) is 15.0. The first-order chi connectivity index (χ1) is 17.8. The van der Waals surface area contributed by atoms with Crippen LogP contribution in [0, 0.1) is 28.9 Å². The van der Waals surface area contributed by atoms with E-state index in [4.69, 9.17) is 11.5 Å². The SMILES string of the molecule is N#Cc1cccc(-c2ccc3ncc(-c4cc(F)cc(F)c4)c(N4CCC(N)[C@H](C(N)=O)C4)c3c2)c1O. The van der Waals surface area contributed by atoms with Crippen molar-refractivity contribution in [1.82, 2.24) is 4.98 Å². The first-order valence-electron chi connectivity index (χ1n) is 11.7. The van der Waals surface area contributed by atoms with Gasteiger partial charge in [0.25, 0.3) is 0 Å². The van der Waals surface area contributed by atoms with Gasteiger partial charge in [0.15, 0.2) is 0 Å². The third-order valence-electron chi connectivity index (χ3n) is 6.83. The molecule has 1 aliphatic heterocycles. The van der Waals surface area contributed by atoms with Crippen molar-refractivity contribution in [3.05, 3.63) is 78.0 Å². The Balaban J connectivity index is 1.77. The van der Waals surface area contributed by atoms with Crippen LogP contribution in [0.3, 0.4) is 0 Å². The minimum Gasteiger partial charge on any atom is -0.506 e. The average molecular weight is 500 g/mol. The number of anilines is 1. The van der Waals surface area contributed by atoms with Crippen LogP contribution in [0.15, 0.2) is 60.8 Å². The maximum absolute atomic E-state index is 14.2. The molecule has 9 heteroatoms. The van der Waals surface area contributed by atoms with Crippen molar-refractivity contribution in [2.75, 3.05) is 18.0 Å². The van der Waals surface area contributed by atoms with Crippen LogP contribution in [0.25, 0.3) is 33.2 Å². The van der Waals surface area contributed by atoms with Gasteiger partial charge in [0.2, 0.25) is 5.91 Å². The Morgan fingerprint density at radius 2 is 1.84 bits per heavy atom. The number of nitrogens with two attached hydrogens (primary N) is 2. The number of piperidine rings is 1. The number of hydrogen-bond acceptors (Lipinski definition) is 6. The lowest BCUT2D eigenvalue weighted by atomic mass is 9.90. The molecule has 1 aliphatic rings. The van der Waals surface area contributed by atoms with Crippen LogP contribution in [0.4, 0.5) is 14.5 Å². The van der Waals surface area contributed by atoms with E-state index in [1.165, 1.54) is 18.2 Å². The summed E-state index contributed by atoms with van der Waals surface area (Å²) in [5.74, 6) is -2.76. The highest BCUT2D eigenvalue weighted by molar-refractivity contribution is 6.02. The van der Waals surface area contributed by atoms with Crippen LogP contribution >= 0.6 is 0 Å². The van der Waals surface area contributed by atoms with Crippen molar-refractivity contribution >= 4 is 22.5 Å². The maximum atomic E-state index is 14.2. The summed E-state index contributed by atoms with van der Waals surface area (Å²) in [7, 11) is 0. The summed E-state index contributed by atoms with van der Waals surface area (Å²) in [6.45, 7) is 0.702. The van der Waals surface area contributed by atoms with Crippen molar-refractivity contribution in [2.45, 2.75) is 12.5 Å². The second kappa shape index (κ2) is 9.48. The van der Waals surface area contributed by atoms with Crippen LogP contribution in [0.2, 0.25) is 0 Å². The number of primary amides is 1. The highest BCUT2D eigenvalue weighted by Crippen LogP contribution is 2.41. The molecule has 3 aromatic carbocycles. The Kier molecular flexibility index (Phi) is 6.19. The monoisotopic (exact) mass is 499 g/mol. The molecule has 0 aliphatic carbocycles. The highest BCUT2D eigenvalue weighted by Gasteiger charge is 2.32. The van der Waals surface area contributed by atoms with Crippen LogP contribution < -0.4 is 16.4 Å². The molecule has 186 valence electrons. The van der Waals surface area contributed by atoms with Crippen molar-refractivity contribution in [3.8, 4) is 34.1 Å². The number of carbonyl (C=O) groups excluding carboxylic acids is 1. The number of hydrogen-bond donors (Lipinski definition) is 3. The van der Waals surface area contributed by atoms with Crippen LogP contribution in [-0.4, -0.2) is 35.1 Å². The third-order valence-corrected chi connectivity index (χ3v) is 6.83. The molecule has 2 heterocycles. The van der Waals surface area contributed by atoms with Gasteiger partial charge >= 0.3 is 0 Å². The lowest BCUT2D eigenvalue weighted by molar-refractivity contribution is -0.122. The molecule has 4 aromatic rings. The Bertz CT molecular complexity index is 1560. The number of phenolic OH excluding ortho intramolecular Hbond substituents is 1. The first-order valence-corrected chi connectivity index (χ1v) is 11.7. The molecule has 1 aromatic heterocycles. The number of aromatic nitrogens is 1. The van der Waals surface area contributed by atoms with E-state index in [2.05, 4.69) is 4.98 Å². The molecule has 5 rings (SSSR count). The Hall–Kier alpha value is -4.55. The largest absolute Gasteiger partial charge is 0.506 e. The summed E-state index contributed by atoms with van der Waals surface area (Å²) in [4.78, 5) is 18.6. The molecule has 7 nitrogen and oxygen atoms in total. The highest BCUT2D eigenvalue weighted by atomic mass is 19.1. The van der Waals surface area contributed by atoms with Crippen molar-refractivity contribution < 1.29 is 18.7 Å². The maximum Gasteiger partial charge on any atom is 0.223 e. The zero-order valence-corrected chi connectivity index (χ0v) is 19.7. The average Bonchev–Trinajstić information content (AvgIpc) is 2.87. The van der Waals surface area contributed by atoms with Gasteiger partial charge in [0.05, 0.1) is 22.7 Å². The van der Waals surface area contributed by atoms with Gasteiger partial charge < -0.3 is 21.5 Å².